The third-order valence-corrected chi connectivity index (χ3v) is 9.56. The molecule has 0 fully saturated rings. The number of ether oxygens (including phenoxy) is 1. The third-order valence-electron chi connectivity index (χ3n) is 4.65. The third kappa shape index (κ3) is 4.79. The quantitative estimate of drug-likeness (QED) is 0.348. The number of aryl methyl sites for hydroxylation is 2. The van der Waals surface area contributed by atoms with Crippen molar-refractivity contribution in [2.45, 2.75) is 41.0 Å². The Morgan fingerprint density at radius 3 is 1.44 bits per heavy atom. The molecule has 0 aliphatic heterocycles. The van der Waals surface area contributed by atoms with Gasteiger partial charge in [0.25, 0.3) is 0 Å². The lowest BCUT2D eigenvalue weighted by Crippen LogP contribution is -2.27. The van der Waals surface area contributed by atoms with Gasteiger partial charge in [-0.15, -0.1) is 0 Å². The van der Waals surface area contributed by atoms with Crippen LogP contribution in [0.2, 0.25) is 0 Å². The zero-order valence-electron chi connectivity index (χ0n) is 17.7. The van der Waals surface area contributed by atoms with Crippen LogP contribution in [0.5, 0.6) is 5.75 Å². The molecule has 0 amide bonds. The summed E-state index contributed by atoms with van der Waals surface area (Å²) >= 11 is 0. The van der Waals surface area contributed by atoms with Gasteiger partial charge in [0.15, 0.2) is 0 Å². The van der Waals surface area contributed by atoms with Gasteiger partial charge in [-0.05, 0) is 79.6 Å². The molecular formula is C23H23F3O4S2. The highest BCUT2D eigenvalue weighted by Crippen LogP contribution is 2.70. The Hall–Kier alpha value is -2.49. The molecule has 0 atom stereocenters. The largest absolute Gasteiger partial charge is 0.524 e. The van der Waals surface area contributed by atoms with Crippen LogP contribution >= 0.6 is 10.3 Å². The Balaban J connectivity index is 2.36. The molecule has 0 bridgehead atoms. The van der Waals surface area contributed by atoms with Crippen molar-refractivity contribution in [3.8, 4) is 5.75 Å². The van der Waals surface area contributed by atoms with Gasteiger partial charge in [0, 0.05) is 14.7 Å². The maximum atomic E-state index is 13.5. The van der Waals surface area contributed by atoms with E-state index in [9.17, 15) is 21.6 Å². The minimum atomic E-state index is -5.93. The van der Waals surface area contributed by atoms with E-state index < -0.39 is 25.9 Å². The molecule has 172 valence electrons. The molecule has 3 aromatic rings. The van der Waals surface area contributed by atoms with Crippen LogP contribution in [0.4, 0.5) is 13.2 Å². The topological polar surface area (TPSA) is 52.6 Å². The highest BCUT2D eigenvalue weighted by Gasteiger charge is 2.52. The van der Waals surface area contributed by atoms with Crippen molar-refractivity contribution >= 4 is 20.4 Å². The van der Waals surface area contributed by atoms with Crippen LogP contribution in [0.25, 0.3) is 0 Å². The second-order valence-electron chi connectivity index (χ2n) is 7.05. The average molecular weight is 485 g/mol. The molecule has 0 heterocycles. The summed E-state index contributed by atoms with van der Waals surface area (Å²) < 4.78 is 75.8. The van der Waals surface area contributed by atoms with E-state index in [0.717, 1.165) is 11.1 Å². The van der Waals surface area contributed by atoms with E-state index in [1.807, 2.05) is 13.8 Å². The molecule has 0 radical (unpaired) electrons. The van der Waals surface area contributed by atoms with E-state index >= 15 is 0 Å². The summed E-state index contributed by atoms with van der Waals surface area (Å²) in [5, 5.41) is 0. The van der Waals surface area contributed by atoms with Crippen LogP contribution in [-0.4, -0.2) is 20.5 Å². The van der Waals surface area contributed by atoms with Crippen molar-refractivity contribution in [3.63, 3.8) is 0 Å². The molecular weight excluding hydrogens is 461 g/mol. The number of rotatable bonds is 7. The van der Waals surface area contributed by atoms with E-state index in [1.54, 1.807) is 79.7 Å². The summed E-state index contributed by atoms with van der Waals surface area (Å²) in [5.74, 6) is 0.510. The van der Waals surface area contributed by atoms with Gasteiger partial charge in [0.2, 0.25) is 0 Å². The van der Waals surface area contributed by atoms with Gasteiger partial charge in [-0.3, -0.25) is 0 Å². The van der Waals surface area contributed by atoms with Crippen molar-refractivity contribution in [3.05, 3.63) is 83.9 Å². The second kappa shape index (κ2) is 9.17. The highest BCUT2D eigenvalue weighted by molar-refractivity contribution is 8.33. The Kier molecular flexibility index (Phi) is 6.92. The van der Waals surface area contributed by atoms with Gasteiger partial charge in [-0.1, -0.05) is 35.4 Å². The summed E-state index contributed by atoms with van der Waals surface area (Å²) in [5.41, 5.74) is -3.83. The molecule has 0 N–H and O–H groups in total. The SMILES string of the molecule is CCOc1ccc(S(OS(=O)(=O)C(F)(F)F)(c2ccc(C)cc2)c2ccc(C)cc2)cc1. The molecule has 32 heavy (non-hydrogen) atoms. The molecule has 4 nitrogen and oxygen atoms in total. The van der Waals surface area contributed by atoms with E-state index in [2.05, 4.69) is 0 Å². The first-order valence-electron chi connectivity index (χ1n) is 9.71. The predicted molar refractivity (Wildman–Crippen MR) is 118 cm³/mol. The van der Waals surface area contributed by atoms with Crippen LogP contribution in [0.15, 0.2) is 87.5 Å². The number of hydrogen-bond donors (Lipinski definition) is 0. The number of halogens is 3. The molecule has 3 aromatic carbocycles. The van der Waals surface area contributed by atoms with Crippen molar-refractivity contribution < 1.29 is 30.0 Å². The lowest BCUT2D eigenvalue weighted by Gasteiger charge is -2.39. The van der Waals surface area contributed by atoms with Gasteiger partial charge in [0.05, 0.1) is 6.61 Å². The summed E-state index contributed by atoms with van der Waals surface area (Å²) in [7, 11) is -9.24. The first-order valence-corrected chi connectivity index (χ1v) is 12.7. The zero-order chi connectivity index (χ0) is 23.6. The molecule has 0 saturated heterocycles. The van der Waals surface area contributed by atoms with Crippen LogP contribution in [-0.2, 0) is 13.7 Å². The molecule has 9 heteroatoms. The first-order chi connectivity index (χ1) is 15.0. The minimum Gasteiger partial charge on any atom is -0.494 e. The fourth-order valence-corrected chi connectivity index (χ4v) is 7.75. The van der Waals surface area contributed by atoms with Crippen LogP contribution in [0, 0.1) is 13.8 Å². The predicted octanol–water partition coefficient (Wildman–Crippen LogP) is 6.77. The van der Waals surface area contributed by atoms with Gasteiger partial charge >= 0.3 is 15.6 Å². The summed E-state index contributed by atoms with van der Waals surface area (Å²) in [6, 6.07) is 19.5. The van der Waals surface area contributed by atoms with Crippen molar-refractivity contribution in [2.24, 2.45) is 0 Å². The standard InChI is InChI=1S/C23H23F3O4S2/c1-4-29-19-9-15-22(16-10-19)31(20-11-5-17(2)6-12-20,21-13-7-18(3)8-14-21)30-32(27,28)23(24,25)26/h5-16H,4H2,1-3H3. The van der Waals surface area contributed by atoms with E-state index in [1.165, 1.54) is 0 Å². The van der Waals surface area contributed by atoms with Crippen molar-refractivity contribution in [1.29, 1.82) is 0 Å². The maximum Gasteiger partial charge on any atom is 0.524 e. The van der Waals surface area contributed by atoms with Gasteiger partial charge in [0.1, 0.15) is 5.75 Å². The molecule has 0 spiro atoms. The van der Waals surface area contributed by atoms with Crippen LogP contribution < -0.4 is 4.74 Å². The average Bonchev–Trinajstić information content (AvgIpc) is 2.73. The molecule has 0 unspecified atom stereocenters. The monoisotopic (exact) mass is 484 g/mol. The Bertz CT molecular complexity index is 1110. The Morgan fingerprint density at radius 1 is 0.719 bits per heavy atom. The number of hydrogen-bond acceptors (Lipinski definition) is 4. The molecule has 0 aliphatic rings. The van der Waals surface area contributed by atoms with E-state index in [4.69, 9.17) is 8.37 Å². The zero-order valence-corrected chi connectivity index (χ0v) is 19.4. The summed E-state index contributed by atoms with van der Waals surface area (Å²) in [4.78, 5) is 0.939. The van der Waals surface area contributed by atoms with E-state index in [-0.39, 0.29) is 0 Å². The number of benzene rings is 3. The van der Waals surface area contributed by atoms with Crippen LogP contribution in [0.3, 0.4) is 0 Å². The lowest BCUT2D eigenvalue weighted by atomic mass is 10.2. The van der Waals surface area contributed by atoms with Gasteiger partial charge < -0.3 is 4.74 Å². The van der Waals surface area contributed by atoms with Crippen molar-refractivity contribution in [1.82, 2.24) is 0 Å². The molecule has 0 saturated carbocycles. The highest BCUT2D eigenvalue weighted by atomic mass is 32.3. The second-order valence-corrected chi connectivity index (χ2v) is 11.5. The number of alkyl halides is 3. The molecule has 0 aromatic heterocycles. The molecule has 3 rings (SSSR count). The fraction of sp³-hybridized carbons (Fsp3) is 0.217. The Labute approximate surface area is 187 Å². The van der Waals surface area contributed by atoms with Crippen LogP contribution in [0.1, 0.15) is 18.1 Å². The summed E-state index contributed by atoms with van der Waals surface area (Å²) in [6.07, 6.45) is 0. The fourth-order valence-electron chi connectivity index (χ4n) is 3.05. The van der Waals surface area contributed by atoms with Gasteiger partial charge in [-0.25, -0.2) is 0 Å². The summed E-state index contributed by atoms with van der Waals surface area (Å²) in [6.45, 7) is 5.88. The smallest absolute Gasteiger partial charge is 0.494 e. The minimum absolute atomic E-state index is 0.293. The van der Waals surface area contributed by atoms with Crippen molar-refractivity contribution in [2.75, 3.05) is 6.61 Å². The molecule has 0 aliphatic carbocycles. The normalized spacial score (nSPS) is 13.1. The maximum absolute atomic E-state index is 13.5. The van der Waals surface area contributed by atoms with Gasteiger partial charge in [-0.2, -0.15) is 25.2 Å². The Morgan fingerprint density at radius 2 is 1.09 bits per heavy atom. The van der Waals surface area contributed by atoms with E-state index in [0.29, 0.717) is 27.0 Å². The lowest BCUT2D eigenvalue weighted by molar-refractivity contribution is -0.0496. The first kappa shape index (κ1) is 24.2.